The molecule has 0 heterocycles. The zero-order chi connectivity index (χ0) is 13.0. The van der Waals surface area contributed by atoms with Gasteiger partial charge in [-0.15, -0.1) is 11.6 Å². The number of benzene rings is 1. The number of alkyl halides is 1. The highest BCUT2D eigenvalue weighted by Gasteiger charge is 2.15. The molecule has 0 aliphatic carbocycles. The van der Waals surface area contributed by atoms with Crippen LogP contribution in [0, 0.1) is 5.82 Å². The predicted octanol–water partition coefficient (Wildman–Crippen LogP) is 3.72. The number of carbonyl (C=O) groups excluding carboxylic acids is 1. The molecule has 0 spiro atoms. The molecule has 0 saturated heterocycles. The zero-order valence-corrected chi connectivity index (χ0v) is 12.0. The first kappa shape index (κ1) is 14.5. The molecule has 0 fully saturated rings. The molecule has 1 aromatic carbocycles. The second kappa shape index (κ2) is 6.36. The van der Waals surface area contributed by atoms with Gasteiger partial charge in [0.25, 0.3) is 5.91 Å². The number of hydrogen-bond donors (Lipinski definition) is 1. The number of rotatable bonds is 4. The lowest BCUT2D eigenvalue weighted by molar-refractivity contribution is 0.0937. The van der Waals surface area contributed by atoms with Crippen molar-refractivity contribution in [3.8, 4) is 0 Å². The summed E-state index contributed by atoms with van der Waals surface area (Å²) < 4.78 is 13.4. The molecule has 2 nitrogen and oxygen atoms in total. The van der Waals surface area contributed by atoms with Crippen LogP contribution in [0.4, 0.5) is 4.39 Å². The van der Waals surface area contributed by atoms with Crippen molar-refractivity contribution in [2.75, 3.05) is 0 Å². The standard InChI is InChI=1S/C12H14BrClFNO/c1-7(14)6-8(2)16-12(17)9-4-3-5-10(15)11(9)13/h3-5,7-8H,6H2,1-2H3,(H,16,17). The fourth-order valence-electron chi connectivity index (χ4n) is 1.53. The van der Waals surface area contributed by atoms with Crippen LogP contribution >= 0.6 is 27.5 Å². The van der Waals surface area contributed by atoms with Crippen molar-refractivity contribution in [1.29, 1.82) is 0 Å². The van der Waals surface area contributed by atoms with Gasteiger partial charge in [-0.1, -0.05) is 6.07 Å². The Kier molecular flexibility index (Phi) is 5.40. The largest absolute Gasteiger partial charge is 0.349 e. The molecule has 0 radical (unpaired) electrons. The molecule has 1 amide bonds. The molecule has 2 unspecified atom stereocenters. The van der Waals surface area contributed by atoms with E-state index in [1.807, 2.05) is 13.8 Å². The minimum absolute atomic E-state index is 0.0127. The van der Waals surface area contributed by atoms with E-state index in [4.69, 9.17) is 11.6 Å². The summed E-state index contributed by atoms with van der Waals surface area (Å²) in [6.45, 7) is 3.73. The van der Waals surface area contributed by atoms with Crippen LogP contribution in [0.3, 0.4) is 0 Å². The summed E-state index contributed by atoms with van der Waals surface area (Å²) in [5.41, 5.74) is 0.291. The summed E-state index contributed by atoms with van der Waals surface area (Å²) >= 11 is 8.90. The molecule has 5 heteroatoms. The first-order valence-electron chi connectivity index (χ1n) is 5.30. The summed E-state index contributed by atoms with van der Waals surface area (Å²) in [6, 6.07) is 4.32. The van der Waals surface area contributed by atoms with Gasteiger partial charge in [-0.2, -0.15) is 0 Å². The van der Waals surface area contributed by atoms with Crippen molar-refractivity contribution in [3.63, 3.8) is 0 Å². The maximum absolute atomic E-state index is 13.2. The molecule has 2 atom stereocenters. The van der Waals surface area contributed by atoms with Crippen LogP contribution in [0.5, 0.6) is 0 Å². The van der Waals surface area contributed by atoms with E-state index < -0.39 is 5.82 Å². The van der Waals surface area contributed by atoms with E-state index in [1.165, 1.54) is 12.1 Å². The summed E-state index contributed by atoms with van der Waals surface area (Å²) in [4.78, 5) is 11.9. The van der Waals surface area contributed by atoms with E-state index in [2.05, 4.69) is 21.2 Å². The minimum atomic E-state index is -0.448. The highest BCUT2D eigenvalue weighted by Crippen LogP contribution is 2.20. The van der Waals surface area contributed by atoms with Gasteiger partial charge in [-0.25, -0.2) is 4.39 Å². The van der Waals surface area contributed by atoms with Crippen LogP contribution in [-0.2, 0) is 0 Å². The Balaban J connectivity index is 2.73. The molecule has 0 aliphatic heterocycles. The number of halogens is 3. The third-order valence-electron chi connectivity index (χ3n) is 2.25. The van der Waals surface area contributed by atoms with Crippen LogP contribution < -0.4 is 5.32 Å². The number of hydrogen-bond acceptors (Lipinski definition) is 1. The molecule has 1 aromatic rings. The topological polar surface area (TPSA) is 29.1 Å². The lowest BCUT2D eigenvalue weighted by atomic mass is 10.1. The molecule has 17 heavy (non-hydrogen) atoms. The summed E-state index contributed by atoms with van der Waals surface area (Å²) in [6.07, 6.45) is 0.667. The van der Waals surface area contributed by atoms with E-state index in [1.54, 1.807) is 6.07 Å². The lowest BCUT2D eigenvalue weighted by Gasteiger charge is -2.15. The molecular weight excluding hydrogens is 308 g/mol. The van der Waals surface area contributed by atoms with Crippen LogP contribution in [0.2, 0.25) is 0 Å². The summed E-state index contributed by atoms with van der Waals surface area (Å²) in [5.74, 6) is -0.753. The Labute approximate surface area is 114 Å². The maximum atomic E-state index is 13.2. The fraction of sp³-hybridized carbons (Fsp3) is 0.417. The molecule has 94 valence electrons. The van der Waals surface area contributed by atoms with Gasteiger partial charge in [0.1, 0.15) is 5.82 Å². The fourth-order valence-corrected chi connectivity index (χ4v) is 2.24. The van der Waals surface area contributed by atoms with Crippen LogP contribution in [0.15, 0.2) is 22.7 Å². The first-order valence-corrected chi connectivity index (χ1v) is 6.53. The van der Waals surface area contributed by atoms with Crippen LogP contribution in [-0.4, -0.2) is 17.3 Å². The van der Waals surface area contributed by atoms with Gasteiger partial charge in [0, 0.05) is 11.4 Å². The number of carbonyl (C=O) groups is 1. The summed E-state index contributed by atoms with van der Waals surface area (Å²) in [5, 5.41) is 2.76. The molecule has 0 aromatic heterocycles. The quantitative estimate of drug-likeness (QED) is 0.841. The Hall–Kier alpha value is -0.610. The monoisotopic (exact) mass is 321 g/mol. The average molecular weight is 323 g/mol. The van der Waals surface area contributed by atoms with Gasteiger partial charge < -0.3 is 5.32 Å². The van der Waals surface area contributed by atoms with E-state index in [0.29, 0.717) is 12.0 Å². The lowest BCUT2D eigenvalue weighted by Crippen LogP contribution is -2.34. The molecule has 0 saturated carbocycles. The van der Waals surface area contributed by atoms with Gasteiger partial charge >= 0.3 is 0 Å². The second-order valence-corrected chi connectivity index (χ2v) is 5.53. The van der Waals surface area contributed by atoms with Crippen molar-refractivity contribution >= 4 is 33.4 Å². The minimum Gasteiger partial charge on any atom is -0.349 e. The van der Waals surface area contributed by atoms with Gasteiger partial charge in [0.05, 0.1) is 10.0 Å². The van der Waals surface area contributed by atoms with Crippen molar-refractivity contribution in [2.45, 2.75) is 31.7 Å². The molecule has 1 rings (SSSR count). The predicted molar refractivity (Wildman–Crippen MR) is 71.0 cm³/mol. The highest BCUT2D eigenvalue weighted by molar-refractivity contribution is 9.10. The van der Waals surface area contributed by atoms with E-state index in [-0.39, 0.29) is 21.8 Å². The smallest absolute Gasteiger partial charge is 0.252 e. The molecular formula is C12H14BrClFNO. The van der Waals surface area contributed by atoms with Gasteiger partial charge in [0.15, 0.2) is 0 Å². The molecule has 0 aliphatic rings. The van der Waals surface area contributed by atoms with E-state index >= 15 is 0 Å². The molecule has 0 bridgehead atoms. The normalized spacial score (nSPS) is 14.2. The third-order valence-corrected chi connectivity index (χ3v) is 3.24. The SMILES string of the molecule is CC(Cl)CC(C)NC(=O)c1cccc(F)c1Br. The zero-order valence-electron chi connectivity index (χ0n) is 9.64. The van der Waals surface area contributed by atoms with Gasteiger partial charge in [-0.05, 0) is 48.3 Å². The van der Waals surface area contributed by atoms with Gasteiger partial charge in [-0.3, -0.25) is 4.79 Å². The van der Waals surface area contributed by atoms with Crippen LogP contribution in [0.1, 0.15) is 30.6 Å². The van der Waals surface area contributed by atoms with Crippen molar-refractivity contribution in [1.82, 2.24) is 5.32 Å². The Morgan fingerprint density at radius 2 is 2.18 bits per heavy atom. The number of nitrogens with one attached hydrogen (secondary N) is 1. The highest BCUT2D eigenvalue weighted by atomic mass is 79.9. The Morgan fingerprint density at radius 1 is 1.53 bits per heavy atom. The van der Waals surface area contributed by atoms with Crippen LogP contribution in [0.25, 0.3) is 0 Å². The van der Waals surface area contributed by atoms with E-state index in [9.17, 15) is 9.18 Å². The maximum Gasteiger partial charge on any atom is 0.252 e. The first-order chi connectivity index (χ1) is 7.91. The summed E-state index contributed by atoms with van der Waals surface area (Å²) in [7, 11) is 0. The van der Waals surface area contributed by atoms with Crippen molar-refractivity contribution in [2.24, 2.45) is 0 Å². The average Bonchev–Trinajstić information content (AvgIpc) is 2.20. The second-order valence-electron chi connectivity index (χ2n) is 3.99. The number of amides is 1. The van der Waals surface area contributed by atoms with Gasteiger partial charge in [0.2, 0.25) is 0 Å². The third kappa shape index (κ3) is 4.28. The Bertz CT molecular complexity index is 411. The van der Waals surface area contributed by atoms with E-state index in [0.717, 1.165) is 0 Å². The Morgan fingerprint density at radius 3 is 2.76 bits per heavy atom. The molecule has 1 N–H and O–H groups in total. The van der Waals surface area contributed by atoms with Crippen molar-refractivity contribution < 1.29 is 9.18 Å². The van der Waals surface area contributed by atoms with Crippen molar-refractivity contribution in [3.05, 3.63) is 34.1 Å².